The predicted octanol–water partition coefficient (Wildman–Crippen LogP) is 12.6. The highest BCUT2D eigenvalue weighted by atomic mass is 19.4. The van der Waals surface area contributed by atoms with E-state index in [-0.39, 0.29) is 12.2 Å². The number of halogens is 28. The standard InChI is InChI=1S/C34H14F28O4/c1-3-9-11(35)15(39)18(42)23(13(9)37)63-5-27(47,48)31(55,56)33(59,60)29(51,52)7-65-25-20(44)17(41)21(45)26(22(25)46)66-8-30(53,54)34(61,62)32(57,58)28(49,50)6-64-24-14(38)10(4-2)12(36)16(40)19(24)43/h3-4H,1-2,5-8H2. The zero-order valence-corrected chi connectivity index (χ0v) is 30.6. The molecule has 0 bridgehead atoms. The molecular weight excluding hydrogens is 1000 g/mol. The first-order valence-electron chi connectivity index (χ1n) is 16.1. The van der Waals surface area contributed by atoms with Gasteiger partial charge in [-0.15, -0.1) is 0 Å². The Morgan fingerprint density at radius 1 is 0.273 bits per heavy atom. The van der Waals surface area contributed by atoms with Crippen molar-refractivity contribution in [2.75, 3.05) is 26.4 Å². The van der Waals surface area contributed by atoms with Crippen LogP contribution in [0, 0.1) is 69.8 Å². The van der Waals surface area contributed by atoms with Crippen molar-refractivity contribution in [3.63, 3.8) is 0 Å². The highest BCUT2D eigenvalue weighted by Gasteiger charge is 2.82. The van der Waals surface area contributed by atoms with Gasteiger partial charge >= 0.3 is 47.4 Å². The number of hydrogen-bond acceptors (Lipinski definition) is 4. The van der Waals surface area contributed by atoms with Crippen molar-refractivity contribution in [1.82, 2.24) is 0 Å². The molecule has 3 aromatic carbocycles. The number of benzene rings is 3. The fourth-order valence-electron chi connectivity index (χ4n) is 4.65. The van der Waals surface area contributed by atoms with Gasteiger partial charge in [0.05, 0.1) is 11.1 Å². The van der Waals surface area contributed by atoms with E-state index in [9.17, 15) is 123 Å². The van der Waals surface area contributed by atoms with Crippen LogP contribution in [0.25, 0.3) is 12.2 Å². The minimum atomic E-state index is -7.70. The van der Waals surface area contributed by atoms with Crippen LogP contribution in [0.2, 0.25) is 0 Å². The minimum absolute atomic E-state index is 0.00938. The summed E-state index contributed by atoms with van der Waals surface area (Å²) in [6.45, 7) is -9.43. The van der Waals surface area contributed by atoms with E-state index in [0.29, 0.717) is 0 Å². The van der Waals surface area contributed by atoms with Crippen molar-refractivity contribution in [1.29, 1.82) is 0 Å². The van der Waals surface area contributed by atoms with Crippen LogP contribution in [-0.2, 0) is 0 Å². The van der Waals surface area contributed by atoms with Crippen LogP contribution in [-0.4, -0.2) is 73.8 Å². The van der Waals surface area contributed by atoms with E-state index in [0.717, 1.165) is 0 Å². The van der Waals surface area contributed by atoms with E-state index in [1.165, 1.54) is 0 Å². The number of alkyl halides is 16. The maximum Gasteiger partial charge on any atom is 0.381 e. The van der Waals surface area contributed by atoms with Crippen LogP contribution in [0.15, 0.2) is 13.2 Å². The van der Waals surface area contributed by atoms with Gasteiger partial charge in [0.2, 0.25) is 34.9 Å². The van der Waals surface area contributed by atoms with Gasteiger partial charge in [0.15, 0.2) is 84.3 Å². The van der Waals surface area contributed by atoms with Crippen LogP contribution >= 0.6 is 0 Å². The van der Waals surface area contributed by atoms with E-state index < -0.39 is 178 Å². The van der Waals surface area contributed by atoms with E-state index in [1.54, 1.807) is 0 Å². The zero-order chi connectivity index (χ0) is 51.5. The van der Waals surface area contributed by atoms with Crippen molar-refractivity contribution in [3.8, 4) is 23.0 Å². The molecule has 0 aliphatic heterocycles. The second-order valence-electron chi connectivity index (χ2n) is 12.6. The van der Waals surface area contributed by atoms with E-state index in [4.69, 9.17) is 0 Å². The number of rotatable bonds is 20. The van der Waals surface area contributed by atoms with Gasteiger partial charge < -0.3 is 18.9 Å². The maximum atomic E-state index is 14.9. The van der Waals surface area contributed by atoms with Gasteiger partial charge in [-0.1, -0.05) is 25.3 Å². The molecule has 4 nitrogen and oxygen atoms in total. The monoisotopic (exact) mass is 1020 g/mol. The lowest BCUT2D eigenvalue weighted by atomic mass is 9.99. The molecule has 0 unspecified atom stereocenters. The van der Waals surface area contributed by atoms with Crippen molar-refractivity contribution in [2.45, 2.75) is 47.4 Å². The third-order valence-electron chi connectivity index (χ3n) is 8.32. The smallest absolute Gasteiger partial charge is 0.381 e. The predicted molar refractivity (Wildman–Crippen MR) is 161 cm³/mol. The molecule has 0 aromatic heterocycles. The molecule has 0 heterocycles. The number of hydrogen-bond donors (Lipinski definition) is 0. The average Bonchev–Trinajstić information content (AvgIpc) is 3.21. The van der Waals surface area contributed by atoms with Crippen LogP contribution in [0.3, 0.4) is 0 Å². The Balaban J connectivity index is 1.90. The molecular formula is C34H14F28O4. The van der Waals surface area contributed by atoms with Crippen LogP contribution in [0.4, 0.5) is 123 Å². The molecule has 370 valence electrons. The minimum Gasteiger partial charge on any atom is -0.481 e. The van der Waals surface area contributed by atoms with E-state index in [2.05, 4.69) is 32.1 Å². The Kier molecular flexibility index (Phi) is 14.8. The van der Waals surface area contributed by atoms with Crippen molar-refractivity contribution < 1.29 is 142 Å². The molecule has 0 spiro atoms. The molecule has 0 radical (unpaired) electrons. The van der Waals surface area contributed by atoms with Gasteiger partial charge in [0, 0.05) is 0 Å². The Morgan fingerprint density at radius 2 is 0.455 bits per heavy atom. The molecule has 0 fully saturated rings. The summed E-state index contributed by atoms with van der Waals surface area (Å²) in [6.07, 6.45) is 0.0188. The van der Waals surface area contributed by atoms with Gasteiger partial charge in [0.1, 0.15) is 0 Å². The summed E-state index contributed by atoms with van der Waals surface area (Å²) < 4.78 is 412. The molecule has 3 rings (SSSR count). The zero-order valence-electron chi connectivity index (χ0n) is 30.6. The quantitative estimate of drug-likeness (QED) is 0.0642. The second-order valence-corrected chi connectivity index (χ2v) is 12.6. The summed E-state index contributed by atoms with van der Waals surface area (Å²) in [5.74, 6) is -105. The third-order valence-corrected chi connectivity index (χ3v) is 8.32. The first-order chi connectivity index (χ1) is 29.7. The topological polar surface area (TPSA) is 36.9 Å². The van der Waals surface area contributed by atoms with Crippen molar-refractivity contribution >= 4 is 12.2 Å². The summed E-state index contributed by atoms with van der Waals surface area (Å²) in [5.41, 5.74) is -3.50. The Labute approximate surface area is 345 Å². The molecule has 0 aliphatic carbocycles. The van der Waals surface area contributed by atoms with Crippen LogP contribution in [0.1, 0.15) is 11.1 Å². The Morgan fingerprint density at radius 3 is 0.652 bits per heavy atom. The van der Waals surface area contributed by atoms with Crippen LogP contribution in [0.5, 0.6) is 23.0 Å². The first-order valence-corrected chi connectivity index (χ1v) is 16.1. The summed E-state index contributed by atoms with van der Waals surface area (Å²) >= 11 is 0. The van der Waals surface area contributed by atoms with Gasteiger partial charge in [-0.3, -0.25) is 0 Å². The van der Waals surface area contributed by atoms with Gasteiger partial charge in [0.25, 0.3) is 0 Å². The normalized spacial score (nSPS) is 13.5. The molecule has 0 N–H and O–H groups in total. The van der Waals surface area contributed by atoms with Gasteiger partial charge in [-0.05, 0) is 0 Å². The lowest BCUT2D eigenvalue weighted by Crippen LogP contribution is -2.65. The molecule has 66 heavy (non-hydrogen) atoms. The molecule has 0 aliphatic rings. The summed E-state index contributed by atoms with van der Waals surface area (Å²) in [7, 11) is 0. The van der Waals surface area contributed by atoms with Gasteiger partial charge in [-0.2, -0.15) is 92.2 Å². The largest absolute Gasteiger partial charge is 0.481 e. The highest BCUT2D eigenvalue weighted by molar-refractivity contribution is 5.54. The summed E-state index contributed by atoms with van der Waals surface area (Å²) in [4.78, 5) is 0. The average molecular weight is 1020 g/mol. The summed E-state index contributed by atoms with van der Waals surface area (Å²) in [5, 5.41) is 0. The summed E-state index contributed by atoms with van der Waals surface area (Å²) in [6, 6.07) is 0. The van der Waals surface area contributed by atoms with E-state index in [1.807, 2.05) is 0 Å². The van der Waals surface area contributed by atoms with Crippen molar-refractivity contribution in [3.05, 3.63) is 94.1 Å². The lowest BCUT2D eigenvalue weighted by Gasteiger charge is -2.36. The molecule has 3 aromatic rings. The maximum absolute atomic E-state index is 14.9. The SMILES string of the molecule is C=Cc1c(F)c(F)c(F)c(OCC(F)(F)C(F)(F)C(F)(F)C(F)(F)COc2c(F)c(F)c(F)c(OCC(F)(F)C(F)(F)C(F)(F)C(F)(F)COc3c(F)c(F)c(F)c(C=C)c3F)c2F)c1F. The molecule has 0 saturated heterocycles. The first kappa shape index (κ1) is 54.7. The highest BCUT2D eigenvalue weighted by Crippen LogP contribution is 2.55. The molecule has 0 saturated carbocycles. The fraction of sp³-hybridized carbons (Fsp3) is 0.353. The Bertz CT molecular complexity index is 2220. The van der Waals surface area contributed by atoms with Crippen molar-refractivity contribution in [2.24, 2.45) is 0 Å². The lowest BCUT2D eigenvalue weighted by molar-refractivity contribution is -0.372. The second kappa shape index (κ2) is 17.9. The fourth-order valence-corrected chi connectivity index (χ4v) is 4.65. The molecule has 0 amide bonds. The molecule has 32 heteroatoms. The number of ether oxygens (including phenoxy) is 4. The van der Waals surface area contributed by atoms with E-state index >= 15 is 0 Å². The van der Waals surface area contributed by atoms with Crippen LogP contribution < -0.4 is 18.9 Å². The van der Waals surface area contributed by atoms with Gasteiger partial charge in [-0.25, -0.2) is 30.7 Å². The molecule has 0 atom stereocenters. The Hall–Kier alpha value is -5.62. The third kappa shape index (κ3) is 8.73.